The lowest BCUT2D eigenvalue weighted by Gasteiger charge is -2.57. The van der Waals surface area contributed by atoms with Crippen molar-refractivity contribution in [1.29, 1.82) is 0 Å². The van der Waals surface area contributed by atoms with E-state index < -0.39 is 53.7 Å². The Labute approximate surface area is 189 Å². The summed E-state index contributed by atoms with van der Waals surface area (Å²) < 4.78 is 16.8. The highest BCUT2D eigenvalue weighted by atomic mass is 16.5. The summed E-state index contributed by atoms with van der Waals surface area (Å²) in [5, 5.41) is 9.18. The fraction of sp³-hybridized carbons (Fsp3) is 0.565. The van der Waals surface area contributed by atoms with Crippen molar-refractivity contribution in [1.82, 2.24) is 4.90 Å². The highest BCUT2D eigenvalue weighted by Crippen LogP contribution is 2.65. The zero-order valence-electron chi connectivity index (χ0n) is 18.3. The van der Waals surface area contributed by atoms with Gasteiger partial charge in [0.1, 0.15) is 6.61 Å². The zero-order valence-corrected chi connectivity index (χ0v) is 18.3. The number of rotatable bonds is 5. The third-order valence-electron chi connectivity index (χ3n) is 8.42. The van der Waals surface area contributed by atoms with Crippen LogP contribution in [-0.4, -0.2) is 79.1 Å². The van der Waals surface area contributed by atoms with Crippen LogP contribution in [0.4, 0.5) is 5.69 Å². The Balaban J connectivity index is 1.58. The molecule has 1 spiro atoms. The molecule has 174 valence electrons. The summed E-state index contributed by atoms with van der Waals surface area (Å²) in [4.78, 5) is 54.3. The first-order valence-electron chi connectivity index (χ1n) is 11.1. The van der Waals surface area contributed by atoms with E-state index in [1.54, 1.807) is 23.0 Å². The maximum Gasteiger partial charge on any atom is 0.329 e. The van der Waals surface area contributed by atoms with E-state index in [2.05, 4.69) is 0 Å². The zero-order chi connectivity index (χ0) is 23.2. The van der Waals surface area contributed by atoms with E-state index in [-0.39, 0.29) is 18.4 Å². The van der Waals surface area contributed by atoms with Gasteiger partial charge in [-0.25, -0.2) is 4.79 Å². The van der Waals surface area contributed by atoms with Gasteiger partial charge in [0.2, 0.25) is 11.7 Å². The molecule has 1 aromatic carbocycles. The third-order valence-corrected chi connectivity index (χ3v) is 8.42. The number of nitrogens with zero attached hydrogens (tertiary/aromatic N) is 2. The summed E-state index contributed by atoms with van der Waals surface area (Å²) in [5.41, 5.74) is 1.04. The van der Waals surface area contributed by atoms with E-state index in [0.717, 1.165) is 5.56 Å². The van der Waals surface area contributed by atoms with Crippen LogP contribution < -0.4 is 14.4 Å². The lowest BCUT2D eigenvalue weighted by Crippen LogP contribution is -2.71. The molecule has 10 nitrogen and oxygen atoms in total. The summed E-state index contributed by atoms with van der Waals surface area (Å²) in [6, 6.07) is 3.07. The largest absolute Gasteiger partial charge is 0.493 e. The van der Waals surface area contributed by atoms with Crippen molar-refractivity contribution in [2.24, 2.45) is 11.8 Å². The smallest absolute Gasteiger partial charge is 0.329 e. The fourth-order valence-corrected chi connectivity index (χ4v) is 7.35. The molecular weight excluding hydrogens is 432 g/mol. The quantitative estimate of drug-likeness (QED) is 0.630. The molecule has 1 aromatic rings. The second kappa shape index (κ2) is 6.69. The predicted molar refractivity (Wildman–Crippen MR) is 111 cm³/mol. The summed E-state index contributed by atoms with van der Waals surface area (Å²) in [5.74, 6) is -2.33. The number of carbonyl (C=O) groups is 4. The Morgan fingerprint density at radius 2 is 1.91 bits per heavy atom. The number of methoxy groups -OCH3 is 2. The van der Waals surface area contributed by atoms with Crippen molar-refractivity contribution in [3.63, 3.8) is 0 Å². The van der Waals surface area contributed by atoms with Crippen LogP contribution in [0.5, 0.6) is 11.5 Å². The van der Waals surface area contributed by atoms with Crippen LogP contribution in [0.3, 0.4) is 0 Å². The van der Waals surface area contributed by atoms with Crippen molar-refractivity contribution < 1.29 is 38.5 Å². The number of piperidine rings is 2. The molecule has 3 saturated heterocycles. The number of carboxylic acids is 1. The van der Waals surface area contributed by atoms with Crippen LogP contribution in [0, 0.1) is 11.8 Å². The van der Waals surface area contributed by atoms with E-state index in [1.807, 2.05) is 6.07 Å². The van der Waals surface area contributed by atoms with Crippen LogP contribution in [0.25, 0.3) is 0 Å². The predicted octanol–water partition coefficient (Wildman–Crippen LogP) is 0.350. The van der Waals surface area contributed by atoms with Gasteiger partial charge in [-0.15, -0.1) is 0 Å². The Hall–Kier alpha value is -3.14. The van der Waals surface area contributed by atoms with Gasteiger partial charge in [0, 0.05) is 35.9 Å². The molecule has 0 unspecified atom stereocenters. The molecule has 2 bridgehead atoms. The van der Waals surface area contributed by atoms with Gasteiger partial charge < -0.3 is 29.1 Å². The summed E-state index contributed by atoms with van der Waals surface area (Å²) >= 11 is 0. The lowest BCUT2D eigenvalue weighted by atomic mass is 9.54. The molecule has 6 atom stereocenters. The Kier molecular flexibility index (Phi) is 4.15. The van der Waals surface area contributed by atoms with Crippen molar-refractivity contribution >= 4 is 29.3 Å². The van der Waals surface area contributed by atoms with Gasteiger partial charge in [-0.3, -0.25) is 14.4 Å². The molecule has 0 aromatic heterocycles. The first kappa shape index (κ1) is 20.5. The minimum atomic E-state index is -1.14. The second-order valence-electron chi connectivity index (χ2n) is 9.47. The van der Waals surface area contributed by atoms with E-state index in [4.69, 9.17) is 14.2 Å². The molecular formula is C23H24N2O8. The second-order valence-corrected chi connectivity index (χ2v) is 9.47. The highest BCUT2D eigenvalue weighted by molar-refractivity contribution is 6.38. The number of anilines is 1. The third kappa shape index (κ3) is 2.36. The standard InChI is InChI=1S/C23H24N2O8/c1-31-13-6-11-12(7-14(13)32-2)25-17(26)8-15(33-9-18(27)28)19-10-5-16-23(11,21(19)25)3-4-24(16)22(30)20(10)29/h6-7,10,15-16,19,21H,3-5,8-9H2,1-2H3,(H,27,28)/t10-,15+,16+,19-,21+,23-/m0/s1. The number of carboxylic acid groups (broad SMARTS) is 1. The van der Waals surface area contributed by atoms with Gasteiger partial charge in [0.25, 0.3) is 5.91 Å². The van der Waals surface area contributed by atoms with Gasteiger partial charge in [-0.2, -0.15) is 0 Å². The highest BCUT2D eigenvalue weighted by Gasteiger charge is 2.73. The molecule has 1 saturated carbocycles. The van der Waals surface area contributed by atoms with E-state index in [9.17, 15) is 24.3 Å². The molecule has 6 rings (SSSR count). The van der Waals surface area contributed by atoms with Crippen LogP contribution in [0.15, 0.2) is 12.1 Å². The van der Waals surface area contributed by atoms with E-state index in [1.165, 1.54) is 7.11 Å². The molecule has 4 aliphatic heterocycles. The number of hydrogen-bond acceptors (Lipinski definition) is 7. The van der Waals surface area contributed by atoms with E-state index in [0.29, 0.717) is 36.6 Å². The lowest BCUT2D eigenvalue weighted by molar-refractivity contribution is -0.166. The van der Waals surface area contributed by atoms with Crippen LogP contribution in [-0.2, 0) is 29.3 Å². The molecule has 33 heavy (non-hydrogen) atoms. The van der Waals surface area contributed by atoms with Crippen LogP contribution >= 0.6 is 0 Å². The molecule has 0 radical (unpaired) electrons. The summed E-state index contributed by atoms with van der Waals surface area (Å²) in [7, 11) is 3.08. The van der Waals surface area contributed by atoms with Crippen LogP contribution in [0.2, 0.25) is 0 Å². The first-order valence-corrected chi connectivity index (χ1v) is 11.1. The molecule has 1 N–H and O–H groups in total. The topological polar surface area (TPSA) is 123 Å². The number of carbonyl (C=O) groups excluding carboxylic acids is 3. The minimum absolute atomic E-state index is 0.0509. The van der Waals surface area contributed by atoms with Crippen molar-refractivity contribution in [2.45, 2.75) is 42.9 Å². The number of aliphatic carboxylic acids is 1. The summed E-state index contributed by atoms with van der Waals surface area (Å²) in [6.07, 6.45) is 0.279. The van der Waals surface area contributed by atoms with E-state index >= 15 is 0 Å². The molecule has 4 fully saturated rings. The van der Waals surface area contributed by atoms with Gasteiger partial charge in [0.05, 0.1) is 38.5 Å². The number of ether oxygens (including phenoxy) is 3. The molecule has 1 aliphatic carbocycles. The maximum absolute atomic E-state index is 13.5. The minimum Gasteiger partial charge on any atom is -0.493 e. The average Bonchev–Trinajstić information content (AvgIpc) is 3.34. The molecule has 4 heterocycles. The first-order chi connectivity index (χ1) is 15.8. The van der Waals surface area contributed by atoms with Gasteiger partial charge in [-0.05, 0) is 24.5 Å². The Morgan fingerprint density at radius 3 is 2.61 bits per heavy atom. The average molecular weight is 456 g/mol. The number of benzene rings is 1. The monoisotopic (exact) mass is 456 g/mol. The maximum atomic E-state index is 13.5. The number of Topliss-reactive ketones (excluding diaryl/α,β-unsaturated/α-hetero) is 1. The van der Waals surface area contributed by atoms with Crippen LogP contribution in [0.1, 0.15) is 24.8 Å². The normalized spacial score (nSPS) is 35.5. The number of fused-ring (bicyclic) bond motifs is 4. The number of ketones is 1. The number of hydrogen-bond donors (Lipinski definition) is 1. The van der Waals surface area contributed by atoms with Gasteiger partial charge in [-0.1, -0.05) is 0 Å². The molecule has 2 amide bonds. The van der Waals surface area contributed by atoms with Gasteiger partial charge >= 0.3 is 5.97 Å². The van der Waals surface area contributed by atoms with Gasteiger partial charge in [0.15, 0.2) is 11.5 Å². The SMILES string of the molecule is COc1cc2c(cc1OC)[C@@]13CCN4C(=O)C(=O)[C@@H](C[C@@H]41)[C@H]1[C@H](OCC(=O)O)CC(=O)N2[C@H]13. The van der Waals surface area contributed by atoms with Crippen molar-refractivity contribution in [3.05, 3.63) is 17.7 Å². The molecule has 10 heteroatoms. The van der Waals surface area contributed by atoms with Crippen molar-refractivity contribution in [3.8, 4) is 11.5 Å². The summed E-state index contributed by atoms with van der Waals surface area (Å²) in [6.45, 7) is -0.130. The Morgan fingerprint density at radius 1 is 1.18 bits per heavy atom. The fourth-order valence-electron chi connectivity index (χ4n) is 7.35. The number of amides is 2. The van der Waals surface area contributed by atoms with Crippen molar-refractivity contribution in [2.75, 3.05) is 32.3 Å². The molecule has 5 aliphatic rings. The Bertz CT molecular complexity index is 1120.